The van der Waals surface area contributed by atoms with Gasteiger partial charge in [-0.3, -0.25) is 0 Å². The zero-order valence-corrected chi connectivity index (χ0v) is 5.86. The van der Waals surface area contributed by atoms with E-state index in [1.54, 1.807) is 0 Å². The monoisotopic (exact) mass is 121 g/mol. The molecule has 0 atom stereocenters. The Balaban J connectivity index is 2.75. The summed E-state index contributed by atoms with van der Waals surface area (Å²) in [6, 6.07) is 0. The second kappa shape index (κ2) is 2.18. The fourth-order valence-corrected chi connectivity index (χ4v) is 0.916. The van der Waals surface area contributed by atoms with Gasteiger partial charge >= 0.3 is 0 Å². The van der Waals surface area contributed by atoms with Gasteiger partial charge in [0.05, 0.1) is 0 Å². The van der Waals surface area contributed by atoms with Gasteiger partial charge < -0.3 is 5.41 Å². The topological polar surface area (TPSA) is 23.9 Å². The minimum Gasteiger partial charge on any atom is -0.305 e. The summed E-state index contributed by atoms with van der Waals surface area (Å²) in [6.45, 7) is 3.91. The van der Waals surface area contributed by atoms with Gasteiger partial charge in [-0.05, 0) is 25.8 Å². The van der Waals surface area contributed by atoms with Gasteiger partial charge in [0.25, 0.3) is 0 Å². The van der Waals surface area contributed by atoms with E-state index in [0.29, 0.717) is 5.71 Å². The van der Waals surface area contributed by atoms with Crippen LogP contribution in [0.3, 0.4) is 0 Å². The largest absolute Gasteiger partial charge is 0.305 e. The van der Waals surface area contributed by atoms with Crippen molar-refractivity contribution in [2.45, 2.75) is 20.3 Å². The van der Waals surface area contributed by atoms with Gasteiger partial charge in [-0.15, -0.1) is 0 Å². The average Bonchev–Trinajstić information content (AvgIpc) is 2.14. The lowest BCUT2D eigenvalue weighted by Gasteiger charge is -1.89. The van der Waals surface area contributed by atoms with E-state index in [1.807, 2.05) is 6.92 Å². The number of allylic oxidation sites excluding steroid dienone is 4. The zero-order chi connectivity index (χ0) is 6.85. The van der Waals surface area contributed by atoms with Crippen LogP contribution in [0.2, 0.25) is 0 Å². The van der Waals surface area contributed by atoms with E-state index in [0.717, 1.165) is 12.0 Å². The molecule has 0 spiro atoms. The normalized spacial score (nSPS) is 17.1. The molecule has 1 nitrogen and oxygen atoms in total. The third-order valence-electron chi connectivity index (χ3n) is 1.48. The Morgan fingerprint density at radius 1 is 1.67 bits per heavy atom. The van der Waals surface area contributed by atoms with Crippen LogP contribution in [0.1, 0.15) is 20.3 Å². The van der Waals surface area contributed by atoms with Gasteiger partial charge in [0.1, 0.15) is 0 Å². The molecule has 0 aliphatic heterocycles. The van der Waals surface area contributed by atoms with Crippen LogP contribution in [0, 0.1) is 5.41 Å². The molecule has 1 aliphatic carbocycles. The van der Waals surface area contributed by atoms with E-state index >= 15 is 0 Å². The third kappa shape index (κ3) is 1.28. The molecule has 1 rings (SSSR count). The first-order chi connectivity index (χ1) is 4.20. The maximum Gasteiger partial charge on any atom is 0.0352 e. The first kappa shape index (κ1) is 6.27. The molecular formula is C8H11N. The molecule has 48 valence electrons. The highest BCUT2D eigenvalue weighted by Gasteiger charge is 2.02. The molecule has 0 saturated carbocycles. The average molecular weight is 121 g/mol. The summed E-state index contributed by atoms with van der Waals surface area (Å²) in [4.78, 5) is 0. The molecule has 0 saturated heterocycles. The van der Waals surface area contributed by atoms with Crippen molar-refractivity contribution in [2.24, 2.45) is 0 Å². The van der Waals surface area contributed by atoms with Crippen molar-refractivity contribution < 1.29 is 0 Å². The van der Waals surface area contributed by atoms with Crippen LogP contribution in [-0.4, -0.2) is 5.71 Å². The van der Waals surface area contributed by atoms with E-state index in [4.69, 9.17) is 5.41 Å². The lowest BCUT2D eigenvalue weighted by molar-refractivity contribution is 1.25. The summed E-state index contributed by atoms with van der Waals surface area (Å²) in [7, 11) is 0. The molecule has 0 fully saturated rings. The molecule has 1 N–H and O–H groups in total. The Bertz CT molecular complexity index is 197. The summed E-state index contributed by atoms with van der Waals surface area (Å²) in [5, 5.41) is 7.27. The maximum atomic E-state index is 7.27. The van der Waals surface area contributed by atoms with Crippen molar-refractivity contribution in [2.75, 3.05) is 0 Å². The van der Waals surface area contributed by atoms with Crippen LogP contribution in [-0.2, 0) is 0 Å². The summed E-state index contributed by atoms with van der Waals surface area (Å²) in [6.07, 6.45) is 5.20. The van der Waals surface area contributed by atoms with Crippen molar-refractivity contribution in [3.8, 4) is 0 Å². The molecule has 0 radical (unpaired) electrons. The third-order valence-corrected chi connectivity index (χ3v) is 1.48. The van der Waals surface area contributed by atoms with Crippen molar-refractivity contribution in [1.82, 2.24) is 0 Å². The predicted octanol–water partition coefficient (Wildman–Crippen LogP) is 2.30. The minimum atomic E-state index is 0.673. The Labute approximate surface area is 55.6 Å². The molecule has 0 aromatic heterocycles. The zero-order valence-electron chi connectivity index (χ0n) is 5.86. The van der Waals surface area contributed by atoms with Gasteiger partial charge in [-0.25, -0.2) is 0 Å². The smallest absolute Gasteiger partial charge is 0.0352 e. The van der Waals surface area contributed by atoms with Crippen molar-refractivity contribution in [3.05, 3.63) is 23.3 Å². The first-order valence-electron chi connectivity index (χ1n) is 3.13. The van der Waals surface area contributed by atoms with Crippen LogP contribution >= 0.6 is 0 Å². The van der Waals surface area contributed by atoms with Crippen molar-refractivity contribution in [3.63, 3.8) is 0 Å². The van der Waals surface area contributed by atoms with Gasteiger partial charge in [0.2, 0.25) is 0 Å². The lowest BCUT2D eigenvalue weighted by atomic mass is 10.2. The summed E-state index contributed by atoms with van der Waals surface area (Å²) in [5.74, 6) is 0. The van der Waals surface area contributed by atoms with E-state index in [2.05, 4.69) is 19.1 Å². The van der Waals surface area contributed by atoms with Crippen LogP contribution < -0.4 is 0 Å². The molecule has 0 unspecified atom stereocenters. The Kier molecular flexibility index (Phi) is 1.52. The predicted molar refractivity (Wildman–Crippen MR) is 39.9 cm³/mol. The summed E-state index contributed by atoms with van der Waals surface area (Å²) in [5.41, 5.74) is 3.12. The highest BCUT2D eigenvalue weighted by atomic mass is 14.4. The van der Waals surface area contributed by atoms with Crippen molar-refractivity contribution in [1.29, 1.82) is 5.41 Å². The summed E-state index contributed by atoms with van der Waals surface area (Å²) < 4.78 is 0. The maximum absolute atomic E-state index is 7.27. The van der Waals surface area contributed by atoms with E-state index < -0.39 is 0 Å². The SMILES string of the molecule is CC(=N)C1=CCC(C)=C1. The fraction of sp³-hybridized carbons (Fsp3) is 0.375. The quantitative estimate of drug-likeness (QED) is 0.515. The number of nitrogens with one attached hydrogen (secondary N) is 1. The molecule has 0 heterocycles. The van der Waals surface area contributed by atoms with Crippen LogP contribution in [0.4, 0.5) is 0 Å². The molecule has 0 aromatic rings. The second-order valence-electron chi connectivity index (χ2n) is 2.48. The first-order valence-corrected chi connectivity index (χ1v) is 3.13. The fourth-order valence-electron chi connectivity index (χ4n) is 0.916. The van der Waals surface area contributed by atoms with Crippen LogP contribution in [0.25, 0.3) is 0 Å². The molecule has 1 aliphatic rings. The van der Waals surface area contributed by atoms with Gasteiger partial charge in [0, 0.05) is 5.71 Å². The van der Waals surface area contributed by atoms with E-state index in [9.17, 15) is 0 Å². The Hall–Kier alpha value is -0.850. The molecule has 0 amide bonds. The molecule has 0 bridgehead atoms. The Morgan fingerprint density at radius 2 is 2.33 bits per heavy atom. The number of rotatable bonds is 1. The highest BCUT2D eigenvalue weighted by Crippen LogP contribution is 2.16. The van der Waals surface area contributed by atoms with E-state index in [-0.39, 0.29) is 0 Å². The van der Waals surface area contributed by atoms with Gasteiger partial charge in [-0.2, -0.15) is 0 Å². The Morgan fingerprint density at radius 3 is 2.56 bits per heavy atom. The number of hydrogen-bond donors (Lipinski definition) is 1. The standard InChI is InChI=1S/C8H11N/c1-6-3-4-8(5-6)7(2)9/h4-5,9H,3H2,1-2H3. The molecule has 0 aromatic carbocycles. The van der Waals surface area contributed by atoms with Crippen LogP contribution in [0.5, 0.6) is 0 Å². The van der Waals surface area contributed by atoms with Crippen molar-refractivity contribution >= 4 is 5.71 Å². The number of hydrogen-bond acceptors (Lipinski definition) is 1. The lowest BCUT2D eigenvalue weighted by Crippen LogP contribution is -1.87. The van der Waals surface area contributed by atoms with Gasteiger partial charge in [-0.1, -0.05) is 17.7 Å². The highest BCUT2D eigenvalue weighted by molar-refractivity contribution is 5.99. The minimum absolute atomic E-state index is 0.673. The second-order valence-corrected chi connectivity index (χ2v) is 2.48. The summed E-state index contributed by atoms with van der Waals surface area (Å²) >= 11 is 0. The molecule has 1 heteroatoms. The van der Waals surface area contributed by atoms with E-state index in [1.165, 1.54) is 5.57 Å². The molecular weight excluding hydrogens is 110 g/mol. The van der Waals surface area contributed by atoms with Gasteiger partial charge in [0.15, 0.2) is 0 Å². The van der Waals surface area contributed by atoms with Crippen LogP contribution in [0.15, 0.2) is 23.3 Å². The molecule has 9 heavy (non-hydrogen) atoms.